The van der Waals surface area contributed by atoms with Gasteiger partial charge in [-0.2, -0.15) is 4.57 Å². The average Bonchev–Trinajstić information content (AvgIpc) is 3.37. The molecule has 4 rings (SSSR count). The number of ether oxygens (including phenoxy) is 3. The van der Waals surface area contributed by atoms with Gasteiger partial charge in [0.25, 0.3) is 5.56 Å². The van der Waals surface area contributed by atoms with E-state index in [2.05, 4.69) is 33.7 Å². The molecule has 0 amide bonds. The Morgan fingerprint density at radius 2 is 1.74 bits per heavy atom. The first-order valence-corrected chi connectivity index (χ1v) is 13.4. The average molecular weight is 515 g/mol. The summed E-state index contributed by atoms with van der Waals surface area (Å²) in [5.74, 6) is 0. The number of benzene rings is 1. The Hall–Kier alpha value is -2.43. The van der Waals surface area contributed by atoms with Crippen molar-refractivity contribution >= 4 is 39.9 Å². The Kier molecular flexibility index (Phi) is 9.17. The lowest BCUT2D eigenvalue weighted by atomic mass is 10.3. The number of pyridine rings is 1. The van der Waals surface area contributed by atoms with Crippen molar-refractivity contribution in [2.24, 2.45) is 0 Å². The lowest BCUT2D eigenvalue weighted by Crippen LogP contribution is -2.39. The van der Waals surface area contributed by atoms with Crippen molar-refractivity contribution in [3.8, 4) is 0 Å². The minimum Gasteiger partial charge on any atom is -0.382 e. The Bertz CT molecular complexity index is 1320. The molecule has 2 aromatic heterocycles. The molecule has 7 nitrogen and oxygen atoms in total. The van der Waals surface area contributed by atoms with Crippen LogP contribution in [0.2, 0.25) is 0 Å². The van der Waals surface area contributed by atoms with Crippen LogP contribution in [0.1, 0.15) is 12.6 Å². The standard InChI is InChI=1S/C26H32N3O4S2/c1-4-29-23(35-24(25(29)30)26-27(2)21-10-5-6-11-22(21)34-26)19-20-9-7-8-12-28(20)13-14-32-17-18-33-16-15-31-3/h5-12,19H,4,13-18H2,1-3H3/q+1/b26-24+. The summed E-state index contributed by atoms with van der Waals surface area (Å²) >= 11 is 3.21. The van der Waals surface area contributed by atoms with Gasteiger partial charge in [0, 0.05) is 43.8 Å². The molecule has 1 aliphatic heterocycles. The summed E-state index contributed by atoms with van der Waals surface area (Å²) in [5, 5.41) is 0.991. The van der Waals surface area contributed by atoms with Gasteiger partial charge in [-0.3, -0.25) is 9.36 Å². The Labute approximate surface area is 213 Å². The zero-order valence-electron chi connectivity index (χ0n) is 20.4. The van der Waals surface area contributed by atoms with Crippen LogP contribution in [0, 0.1) is 0 Å². The summed E-state index contributed by atoms with van der Waals surface area (Å²) in [6.07, 6.45) is 4.14. The van der Waals surface area contributed by atoms with Crippen molar-refractivity contribution in [3.05, 3.63) is 73.9 Å². The molecule has 3 heterocycles. The number of hydrogen-bond acceptors (Lipinski definition) is 7. The third-order valence-electron chi connectivity index (χ3n) is 5.69. The zero-order valence-corrected chi connectivity index (χ0v) is 22.1. The molecule has 1 aliphatic rings. The summed E-state index contributed by atoms with van der Waals surface area (Å²) in [7, 11) is 3.69. The summed E-state index contributed by atoms with van der Waals surface area (Å²) < 4.78 is 21.9. The van der Waals surface area contributed by atoms with Gasteiger partial charge in [-0.1, -0.05) is 23.9 Å². The molecule has 0 unspecified atom stereocenters. The minimum atomic E-state index is 0.0604. The normalized spacial score (nSPS) is 15.2. The number of aromatic nitrogens is 2. The largest absolute Gasteiger partial charge is 0.382 e. The highest BCUT2D eigenvalue weighted by atomic mass is 32.2. The molecule has 0 radical (unpaired) electrons. The SMILES string of the molecule is CCn1c(=O)/c(=C2\Sc3ccccc3N2C)s/c1=C\c1cccc[n+]1CCOCCOCCOC. The van der Waals surface area contributed by atoms with Gasteiger partial charge in [-0.15, -0.1) is 11.3 Å². The van der Waals surface area contributed by atoms with Crippen LogP contribution < -0.4 is 24.2 Å². The van der Waals surface area contributed by atoms with E-state index in [1.54, 1.807) is 30.2 Å². The van der Waals surface area contributed by atoms with E-state index in [1.807, 2.05) is 49.0 Å². The molecular formula is C26H32N3O4S2+. The number of hydrogen-bond donors (Lipinski definition) is 0. The highest BCUT2D eigenvalue weighted by molar-refractivity contribution is 8.08. The van der Waals surface area contributed by atoms with Crippen molar-refractivity contribution in [3.63, 3.8) is 0 Å². The summed E-state index contributed by atoms with van der Waals surface area (Å²) in [4.78, 5) is 16.7. The van der Waals surface area contributed by atoms with Crippen LogP contribution in [0.5, 0.6) is 0 Å². The van der Waals surface area contributed by atoms with E-state index in [4.69, 9.17) is 14.2 Å². The fourth-order valence-electron chi connectivity index (χ4n) is 3.85. The molecule has 0 saturated heterocycles. The number of methoxy groups -OCH3 is 1. The van der Waals surface area contributed by atoms with Gasteiger partial charge in [0.15, 0.2) is 12.7 Å². The van der Waals surface area contributed by atoms with Gasteiger partial charge in [0.1, 0.15) is 20.8 Å². The number of thioether (sulfide) groups is 1. The van der Waals surface area contributed by atoms with E-state index in [0.717, 1.165) is 25.6 Å². The van der Waals surface area contributed by atoms with Crippen molar-refractivity contribution in [1.29, 1.82) is 0 Å². The van der Waals surface area contributed by atoms with Crippen LogP contribution >= 0.6 is 23.1 Å². The maximum atomic E-state index is 13.4. The van der Waals surface area contributed by atoms with E-state index in [9.17, 15) is 4.79 Å². The van der Waals surface area contributed by atoms with Gasteiger partial charge in [0.05, 0.1) is 32.1 Å². The number of rotatable bonds is 11. The van der Waals surface area contributed by atoms with Gasteiger partial charge in [-0.05, 0) is 25.1 Å². The Morgan fingerprint density at radius 1 is 1.00 bits per heavy atom. The molecule has 9 heteroatoms. The second-order valence-electron chi connectivity index (χ2n) is 7.93. The molecule has 35 heavy (non-hydrogen) atoms. The lowest BCUT2D eigenvalue weighted by molar-refractivity contribution is -0.700. The summed E-state index contributed by atoms with van der Waals surface area (Å²) in [6.45, 7) is 6.20. The predicted molar refractivity (Wildman–Crippen MR) is 141 cm³/mol. The Morgan fingerprint density at radius 3 is 2.51 bits per heavy atom. The van der Waals surface area contributed by atoms with Gasteiger partial charge < -0.3 is 19.1 Å². The second-order valence-corrected chi connectivity index (χ2v) is 9.99. The quantitative estimate of drug-likeness (QED) is 0.288. The lowest BCUT2D eigenvalue weighted by Gasteiger charge is -2.11. The van der Waals surface area contributed by atoms with Gasteiger partial charge >= 0.3 is 0 Å². The molecule has 1 aromatic carbocycles. The molecule has 0 saturated carbocycles. The van der Waals surface area contributed by atoms with Crippen LogP contribution in [-0.4, -0.2) is 51.8 Å². The van der Waals surface area contributed by atoms with Crippen molar-refractivity contribution in [1.82, 2.24) is 4.57 Å². The third-order valence-corrected chi connectivity index (χ3v) is 8.17. The first-order valence-electron chi connectivity index (χ1n) is 11.7. The molecule has 0 spiro atoms. The van der Waals surface area contributed by atoms with Crippen LogP contribution in [0.25, 0.3) is 11.1 Å². The van der Waals surface area contributed by atoms with Gasteiger partial charge in [-0.25, -0.2) is 0 Å². The van der Waals surface area contributed by atoms with E-state index in [-0.39, 0.29) is 5.56 Å². The van der Waals surface area contributed by atoms with E-state index >= 15 is 0 Å². The number of fused-ring (bicyclic) bond motifs is 1. The van der Waals surface area contributed by atoms with Crippen molar-refractivity contribution in [2.45, 2.75) is 24.9 Å². The fourth-order valence-corrected chi connectivity index (χ4v) is 6.31. The molecule has 186 valence electrons. The number of thiazole rings is 1. The fraction of sp³-hybridized carbons (Fsp3) is 0.385. The summed E-state index contributed by atoms with van der Waals surface area (Å²) in [5.41, 5.74) is 2.23. The zero-order chi connectivity index (χ0) is 24.6. The van der Waals surface area contributed by atoms with E-state index < -0.39 is 0 Å². The highest BCUT2D eigenvalue weighted by Crippen LogP contribution is 2.44. The first kappa shape index (κ1) is 25.7. The molecule has 0 aliphatic carbocycles. The smallest absolute Gasteiger partial charge is 0.271 e. The molecule has 3 aromatic rings. The number of anilines is 1. The Balaban J connectivity index is 1.56. The van der Waals surface area contributed by atoms with Crippen LogP contribution in [0.15, 0.2) is 58.4 Å². The minimum absolute atomic E-state index is 0.0604. The predicted octanol–water partition coefficient (Wildman–Crippen LogP) is 2.03. The summed E-state index contributed by atoms with van der Waals surface area (Å²) in [6, 6.07) is 14.3. The second kappa shape index (κ2) is 12.5. The maximum absolute atomic E-state index is 13.4. The monoisotopic (exact) mass is 514 g/mol. The number of para-hydroxylation sites is 1. The van der Waals surface area contributed by atoms with E-state index in [0.29, 0.717) is 46.1 Å². The third kappa shape index (κ3) is 6.05. The molecular weight excluding hydrogens is 482 g/mol. The maximum Gasteiger partial charge on any atom is 0.271 e. The van der Waals surface area contributed by atoms with Crippen LogP contribution in [-0.2, 0) is 27.3 Å². The van der Waals surface area contributed by atoms with E-state index in [1.165, 1.54) is 4.90 Å². The topological polar surface area (TPSA) is 56.8 Å². The van der Waals surface area contributed by atoms with Crippen molar-refractivity contribution < 1.29 is 18.8 Å². The number of nitrogens with zero attached hydrogens (tertiary/aromatic N) is 3. The van der Waals surface area contributed by atoms with Gasteiger partial charge in [0.2, 0.25) is 5.69 Å². The van der Waals surface area contributed by atoms with Crippen LogP contribution in [0.3, 0.4) is 0 Å². The van der Waals surface area contributed by atoms with Crippen molar-refractivity contribution in [2.75, 3.05) is 52.1 Å². The van der Waals surface area contributed by atoms with Crippen LogP contribution in [0.4, 0.5) is 5.69 Å². The highest BCUT2D eigenvalue weighted by Gasteiger charge is 2.24. The first-order chi connectivity index (χ1) is 17.1. The molecule has 0 bridgehead atoms. The molecule has 0 fully saturated rings. The molecule has 0 atom stereocenters. The molecule has 0 N–H and O–H groups in total.